The van der Waals surface area contributed by atoms with Gasteiger partial charge in [0.2, 0.25) is 0 Å². The van der Waals surface area contributed by atoms with Gasteiger partial charge in [0.25, 0.3) is 0 Å². The third-order valence-electron chi connectivity index (χ3n) is 5.24. The average molecular weight is 370 g/mol. The van der Waals surface area contributed by atoms with E-state index >= 15 is 0 Å². The first-order chi connectivity index (χ1) is 13.6. The fourth-order valence-electron chi connectivity index (χ4n) is 3.47. The van der Waals surface area contributed by atoms with Gasteiger partial charge in [0, 0.05) is 6.54 Å². The molecule has 0 aliphatic carbocycles. The number of ether oxygens (including phenoxy) is 1. The summed E-state index contributed by atoms with van der Waals surface area (Å²) in [5.74, 6) is 2.34. The Labute approximate surface area is 166 Å². The highest BCUT2D eigenvalue weighted by Gasteiger charge is 2.12. The summed E-state index contributed by atoms with van der Waals surface area (Å²) in [6.45, 7) is 7.79. The van der Waals surface area contributed by atoms with Crippen LogP contribution in [0.1, 0.15) is 42.3 Å². The van der Waals surface area contributed by atoms with Crippen LogP contribution in [0.4, 0.5) is 0 Å². The maximum Gasteiger partial charge on any atom is 0.148 e. The predicted octanol–water partition coefficient (Wildman–Crippen LogP) is 6.10. The molecule has 4 aromatic rings. The molecule has 0 N–H and O–H groups in total. The summed E-state index contributed by atoms with van der Waals surface area (Å²) in [6, 6.07) is 25.1. The molecule has 0 unspecified atom stereocenters. The van der Waals surface area contributed by atoms with Crippen molar-refractivity contribution >= 4 is 11.0 Å². The molecule has 0 atom stereocenters. The summed E-state index contributed by atoms with van der Waals surface area (Å²) in [5, 5.41) is 0. The summed E-state index contributed by atoms with van der Waals surface area (Å²) in [7, 11) is 0. The van der Waals surface area contributed by atoms with Crippen LogP contribution >= 0.6 is 0 Å². The smallest absolute Gasteiger partial charge is 0.148 e. The van der Waals surface area contributed by atoms with Crippen molar-refractivity contribution in [2.24, 2.45) is 0 Å². The van der Waals surface area contributed by atoms with E-state index < -0.39 is 0 Å². The second kappa shape index (κ2) is 7.89. The first-order valence-corrected chi connectivity index (χ1v) is 9.83. The standard InChI is InChI=1S/C25H26N2O/c1-18(2)20-12-14-22(15-13-20)28-17-25-26-23-10-6-7-11-24(23)27(25)16-21-9-5-4-8-19(21)3/h4-15,18H,16-17H2,1-3H3. The molecule has 0 aliphatic heterocycles. The van der Waals surface area contributed by atoms with E-state index in [1.807, 2.05) is 18.2 Å². The first-order valence-electron chi connectivity index (χ1n) is 9.83. The number of imidazole rings is 1. The second-order valence-corrected chi connectivity index (χ2v) is 7.54. The van der Waals surface area contributed by atoms with Gasteiger partial charge in [-0.25, -0.2) is 4.98 Å². The topological polar surface area (TPSA) is 27.1 Å². The number of hydrogen-bond donors (Lipinski definition) is 0. The van der Waals surface area contributed by atoms with E-state index in [0.29, 0.717) is 12.5 Å². The number of aromatic nitrogens is 2. The Kier molecular flexibility index (Phi) is 5.16. The zero-order valence-corrected chi connectivity index (χ0v) is 16.7. The first kappa shape index (κ1) is 18.3. The fraction of sp³-hybridized carbons (Fsp3) is 0.240. The summed E-state index contributed by atoms with van der Waals surface area (Å²) in [4.78, 5) is 4.84. The highest BCUT2D eigenvalue weighted by Crippen LogP contribution is 2.22. The number of hydrogen-bond acceptors (Lipinski definition) is 2. The molecule has 142 valence electrons. The molecule has 0 bridgehead atoms. The number of para-hydroxylation sites is 2. The molecule has 1 aromatic heterocycles. The second-order valence-electron chi connectivity index (χ2n) is 7.54. The van der Waals surface area contributed by atoms with E-state index in [4.69, 9.17) is 9.72 Å². The predicted molar refractivity (Wildman–Crippen MR) is 115 cm³/mol. The maximum absolute atomic E-state index is 6.08. The van der Waals surface area contributed by atoms with Gasteiger partial charge < -0.3 is 9.30 Å². The molecular formula is C25H26N2O. The normalized spacial score (nSPS) is 11.3. The van der Waals surface area contributed by atoms with Gasteiger partial charge in [0.05, 0.1) is 11.0 Å². The van der Waals surface area contributed by atoms with Crippen molar-refractivity contribution in [2.75, 3.05) is 0 Å². The molecule has 4 rings (SSSR count). The maximum atomic E-state index is 6.08. The Hall–Kier alpha value is -3.07. The lowest BCUT2D eigenvalue weighted by atomic mass is 10.0. The zero-order chi connectivity index (χ0) is 19.5. The van der Waals surface area contributed by atoms with E-state index in [1.165, 1.54) is 16.7 Å². The zero-order valence-electron chi connectivity index (χ0n) is 16.7. The minimum atomic E-state index is 0.446. The van der Waals surface area contributed by atoms with E-state index in [1.54, 1.807) is 0 Å². The van der Waals surface area contributed by atoms with Crippen molar-refractivity contribution in [3.63, 3.8) is 0 Å². The molecule has 3 nitrogen and oxygen atoms in total. The van der Waals surface area contributed by atoms with Crippen LogP contribution in [0, 0.1) is 6.92 Å². The van der Waals surface area contributed by atoms with Gasteiger partial charge in [0.15, 0.2) is 0 Å². The molecule has 28 heavy (non-hydrogen) atoms. The van der Waals surface area contributed by atoms with Gasteiger partial charge in [-0.05, 0) is 53.8 Å². The van der Waals surface area contributed by atoms with Crippen LogP contribution in [0.5, 0.6) is 5.75 Å². The molecule has 3 aromatic carbocycles. The van der Waals surface area contributed by atoms with E-state index in [9.17, 15) is 0 Å². The number of benzene rings is 3. The summed E-state index contributed by atoms with van der Waals surface area (Å²) in [6.07, 6.45) is 0. The Morgan fingerprint density at radius 2 is 1.61 bits per heavy atom. The Bertz CT molecular complexity index is 1080. The minimum Gasteiger partial charge on any atom is -0.486 e. The van der Waals surface area contributed by atoms with Crippen molar-refractivity contribution in [2.45, 2.75) is 39.8 Å². The van der Waals surface area contributed by atoms with Gasteiger partial charge in [-0.15, -0.1) is 0 Å². The molecule has 0 saturated heterocycles. The number of aryl methyl sites for hydroxylation is 1. The van der Waals surface area contributed by atoms with Crippen LogP contribution < -0.4 is 4.74 Å². The van der Waals surface area contributed by atoms with E-state index in [-0.39, 0.29) is 0 Å². The van der Waals surface area contributed by atoms with Crippen LogP contribution in [-0.4, -0.2) is 9.55 Å². The fourth-order valence-corrected chi connectivity index (χ4v) is 3.47. The van der Waals surface area contributed by atoms with E-state index in [2.05, 4.69) is 79.9 Å². The monoisotopic (exact) mass is 370 g/mol. The largest absolute Gasteiger partial charge is 0.486 e. The average Bonchev–Trinajstić information content (AvgIpc) is 3.06. The Balaban J connectivity index is 1.62. The van der Waals surface area contributed by atoms with Crippen molar-refractivity contribution < 1.29 is 4.74 Å². The van der Waals surface area contributed by atoms with Gasteiger partial charge in [-0.2, -0.15) is 0 Å². The van der Waals surface area contributed by atoms with Crippen molar-refractivity contribution in [1.82, 2.24) is 9.55 Å². The third-order valence-corrected chi connectivity index (χ3v) is 5.24. The number of fused-ring (bicyclic) bond motifs is 1. The molecule has 1 heterocycles. The highest BCUT2D eigenvalue weighted by atomic mass is 16.5. The molecule has 0 amide bonds. The van der Waals surface area contributed by atoms with Crippen LogP contribution in [0.3, 0.4) is 0 Å². The number of rotatable bonds is 6. The van der Waals surface area contributed by atoms with Crippen LogP contribution in [0.2, 0.25) is 0 Å². The highest BCUT2D eigenvalue weighted by molar-refractivity contribution is 5.76. The SMILES string of the molecule is Cc1ccccc1Cn1c(COc2ccc(C(C)C)cc2)nc2ccccc21. The molecule has 0 saturated carbocycles. The third kappa shape index (κ3) is 3.79. The van der Waals surface area contributed by atoms with Crippen molar-refractivity contribution in [3.8, 4) is 5.75 Å². The molecule has 0 radical (unpaired) electrons. The molecule has 0 aliphatic rings. The molecule has 0 fully saturated rings. The minimum absolute atomic E-state index is 0.446. The van der Waals surface area contributed by atoms with Crippen LogP contribution in [0.25, 0.3) is 11.0 Å². The van der Waals surface area contributed by atoms with E-state index in [0.717, 1.165) is 29.2 Å². The summed E-state index contributed by atoms with van der Waals surface area (Å²) in [5.41, 5.74) is 6.05. The van der Waals surface area contributed by atoms with Gasteiger partial charge in [0.1, 0.15) is 18.2 Å². The molecule has 0 spiro atoms. The quantitative estimate of drug-likeness (QED) is 0.410. The molecular weight excluding hydrogens is 344 g/mol. The molecule has 3 heteroatoms. The lowest BCUT2D eigenvalue weighted by Gasteiger charge is -2.13. The van der Waals surface area contributed by atoms with Crippen LogP contribution in [0.15, 0.2) is 72.8 Å². The summed E-state index contributed by atoms with van der Waals surface area (Å²) < 4.78 is 8.35. The van der Waals surface area contributed by atoms with Crippen molar-refractivity contribution in [1.29, 1.82) is 0 Å². The number of nitrogens with zero attached hydrogens (tertiary/aromatic N) is 2. The van der Waals surface area contributed by atoms with Gasteiger partial charge in [-0.3, -0.25) is 0 Å². The van der Waals surface area contributed by atoms with Gasteiger partial charge >= 0.3 is 0 Å². The Morgan fingerprint density at radius 1 is 0.893 bits per heavy atom. The van der Waals surface area contributed by atoms with Gasteiger partial charge in [-0.1, -0.05) is 62.4 Å². The lowest BCUT2D eigenvalue weighted by Crippen LogP contribution is -2.09. The summed E-state index contributed by atoms with van der Waals surface area (Å²) >= 11 is 0. The lowest BCUT2D eigenvalue weighted by molar-refractivity contribution is 0.291. The Morgan fingerprint density at radius 3 is 2.36 bits per heavy atom. The van der Waals surface area contributed by atoms with Crippen molar-refractivity contribution in [3.05, 3.63) is 95.3 Å². The van der Waals surface area contributed by atoms with Crippen LogP contribution in [-0.2, 0) is 13.2 Å².